The highest BCUT2D eigenvalue weighted by Gasteiger charge is 2.21. The number of carbonyl (C=O) groups excluding carboxylic acids is 1. The Morgan fingerprint density at radius 1 is 1.09 bits per heavy atom. The molecule has 0 aliphatic carbocycles. The topological polar surface area (TPSA) is 84.2 Å². The van der Waals surface area contributed by atoms with E-state index in [-0.39, 0.29) is 5.91 Å². The van der Waals surface area contributed by atoms with Gasteiger partial charge in [0, 0.05) is 20.0 Å². The number of carbonyl (C=O) groups is 1. The van der Waals surface area contributed by atoms with Gasteiger partial charge in [0.1, 0.15) is 0 Å². The second-order valence-corrected chi connectivity index (χ2v) is 10.5. The lowest BCUT2D eigenvalue weighted by atomic mass is 10.2. The molecule has 0 radical (unpaired) electrons. The molecule has 0 aliphatic heterocycles. The molecule has 1 unspecified atom stereocenters. The maximum absolute atomic E-state index is 12.6. The van der Waals surface area contributed by atoms with Gasteiger partial charge in [0.2, 0.25) is 0 Å². The van der Waals surface area contributed by atoms with Crippen LogP contribution in [0.4, 0.5) is 5.69 Å². The first kappa shape index (κ1) is 25.2. The third kappa shape index (κ3) is 7.06. The minimum Gasteiger partial charge on any atom is -0.378 e. The predicted molar refractivity (Wildman–Crippen MR) is 150 cm³/mol. The lowest BCUT2D eigenvalue weighted by molar-refractivity contribution is -0.120. The zero-order chi connectivity index (χ0) is 24.6. The van der Waals surface area contributed by atoms with Gasteiger partial charge in [-0.05, 0) is 83.6 Å². The van der Waals surface area contributed by atoms with Gasteiger partial charge in [0.25, 0.3) is 5.91 Å². The van der Waals surface area contributed by atoms with E-state index in [2.05, 4.69) is 48.6 Å². The van der Waals surface area contributed by atoms with Crippen LogP contribution in [0.15, 0.2) is 89.1 Å². The van der Waals surface area contributed by atoms with E-state index in [4.69, 9.17) is 11.6 Å². The molecule has 35 heavy (non-hydrogen) atoms. The van der Waals surface area contributed by atoms with E-state index in [9.17, 15) is 4.79 Å². The number of hydrogen-bond acceptors (Lipinski definition) is 6. The molecule has 7 nitrogen and oxygen atoms in total. The van der Waals surface area contributed by atoms with Gasteiger partial charge < -0.3 is 5.32 Å². The fourth-order valence-electron chi connectivity index (χ4n) is 3.10. The molecule has 0 bridgehead atoms. The number of nitrogens with one attached hydrogen (secondary N) is 2. The molecule has 1 aromatic heterocycles. The van der Waals surface area contributed by atoms with Crippen molar-refractivity contribution in [1.82, 2.24) is 20.2 Å². The van der Waals surface area contributed by atoms with Crippen LogP contribution in [0.2, 0.25) is 5.02 Å². The van der Waals surface area contributed by atoms with Crippen molar-refractivity contribution in [3.8, 4) is 5.69 Å². The van der Waals surface area contributed by atoms with Crippen LogP contribution in [0, 0.1) is 3.57 Å². The molecular weight excluding hydrogens is 595 g/mol. The monoisotopic (exact) mass is 616 g/mol. The van der Waals surface area contributed by atoms with Crippen molar-refractivity contribution in [2.75, 3.05) is 5.32 Å². The van der Waals surface area contributed by atoms with Crippen molar-refractivity contribution in [3.63, 3.8) is 0 Å². The van der Waals surface area contributed by atoms with Gasteiger partial charge in [-0.1, -0.05) is 53.7 Å². The number of hydrazone groups is 1. The van der Waals surface area contributed by atoms with Crippen molar-refractivity contribution >= 4 is 63.8 Å². The molecule has 178 valence electrons. The number of para-hydroxylation sites is 1. The van der Waals surface area contributed by atoms with Crippen LogP contribution in [-0.4, -0.2) is 32.1 Å². The van der Waals surface area contributed by atoms with Crippen LogP contribution in [0.25, 0.3) is 5.69 Å². The SMILES string of the molecule is CC(Sc1nnc(CNc2ccc(I)cc2)n1-c1ccccc1)C(=O)NN=Cc1ccc(Cl)cc1. The van der Waals surface area contributed by atoms with E-state index in [1.165, 1.54) is 15.3 Å². The van der Waals surface area contributed by atoms with Gasteiger partial charge in [-0.3, -0.25) is 9.36 Å². The maximum Gasteiger partial charge on any atom is 0.253 e. The lowest BCUT2D eigenvalue weighted by Crippen LogP contribution is -2.27. The number of thioether (sulfide) groups is 1. The summed E-state index contributed by atoms with van der Waals surface area (Å²) >= 11 is 9.50. The van der Waals surface area contributed by atoms with E-state index in [1.807, 2.05) is 78.2 Å². The van der Waals surface area contributed by atoms with E-state index < -0.39 is 5.25 Å². The van der Waals surface area contributed by atoms with Crippen LogP contribution in [-0.2, 0) is 11.3 Å². The molecule has 0 saturated carbocycles. The number of anilines is 1. The molecule has 3 aromatic carbocycles. The highest BCUT2D eigenvalue weighted by Crippen LogP contribution is 2.26. The minimum absolute atomic E-state index is 0.235. The van der Waals surface area contributed by atoms with Crippen molar-refractivity contribution in [2.45, 2.75) is 23.9 Å². The Kier molecular flexibility index (Phi) is 8.78. The van der Waals surface area contributed by atoms with Gasteiger partial charge >= 0.3 is 0 Å². The Morgan fingerprint density at radius 3 is 2.51 bits per heavy atom. The second kappa shape index (κ2) is 12.2. The Labute approximate surface area is 226 Å². The summed E-state index contributed by atoms with van der Waals surface area (Å²) in [7, 11) is 0. The summed E-state index contributed by atoms with van der Waals surface area (Å²) in [6.07, 6.45) is 1.58. The highest BCUT2D eigenvalue weighted by molar-refractivity contribution is 14.1. The molecule has 0 fully saturated rings. The van der Waals surface area contributed by atoms with Crippen molar-refractivity contribution in [3.05, 3.63) is 98.8 Å². The van der Waals surface area contributed by atoms with E-state index in [0.717, 1.165) is 22.8 Å². The summed E-state index contributed by atoms with van der Waals surface area (Å²) in [5.74, 6) is 0.506. The summed E-state index contributed by atoms with van der Waals surface area (Å²) < 4.78 is 3.13. The number of rotatable bonds is 9. The van der Waals surface area contributed by atoms with Crippen LogP contribution >= 0.6 is 46.0 Å². The van der Waals surface area contributed by atoms with Crippen LogP contribution < -0.4 is 10.7 Å². The number of halogens is 2. The molecule has 0 spiro atoms. The largest absolute Gasteiger partial charge is 0.378 e. The quantitative estimate of drug-likeness (QED) is 0.108. The summed E-state index contributed by atoms with van der Waals surface area (Å²) in [5.41, 5.74) is 5.34. The Morgan fingerprint density at radius 2 is 1.80 bits per heavy atom. The summed E-state index contributed by atoms with van der Waals surface area (Å²) in [5, 5.41) is 17.1. The van der Waals surface area contributed by atoms with Crippen molar-refractivity contribution < 1.29 is 4.79 Å². The second-order valence-electron chi connectivity index (χ2n) is 7.48. The Bertz CT molecular complexity index is 1300. The molecule has 0 saturated heterocycles. The number of amides is 1. The molecule has 1 amide bonds. The van der Waals surface area contributed by atoms with Gasteiger partial charge in [-0.15, -0.1) is 10.2 Å². The molecule has 1 heterocycles. The average molecular weight is 617 g/mol. The zero-order valence-electron chi connectivity index (χ0n) is 18.7. The fourth-order valence-corrected chi connectivity index (χ4v) is 4.46. The molecular formula is C25H22ClIN6OS. The maximum atomic E-state index is 12.6. The minimum atomic E-state index is -0.443. The number of benzene rings is 3. The Balaban J connectivity index is 1.46. The van der Waals surface area contributed by atoms with Crippen molar-refractivity contribution in [2.24, 2.45) is 5.10 Å². The summed E-state index contributed by atoms with van der Waals surface area (Å²) in [6, 6.07) is 25.2. The van der Waals surface area contributed by atoms with Crippen molar-refractivity contribution in [1.29, 1.82) is 0 Å². The van der Waals surface area contributed by atoms with Crippen LogP contribution in [0.3, 0.4) is 0 Å². The Hall–Kier alpha value is -2.89. The van der Waals surface area contributed by atoms with Gasteiger partial charge in [-0.25, -0.2) is 5.43 Å². The van der Waals surface area contributed by atoms with Gasteiger partial charge in [-0.2, -0.15) is 5.10 Å². The smallest absolute Gasteiger partial charge is 0.253 e. The molecule has 0 aliphatic rings. The first-order chi connectivity index (χ1) is 17.0. The van der Waals surface area contributed by atoms with Crippen LogP contribution in [0.1, 0.15) is 18.3 Å². The molecule has 10 heteroatoms. The zero-order valence-corrected chi connectivity index (χ0v) is 22.5. The third-order valence-electron chi connectivity index (χ3n) is 4.92. The first-order valence-corrected chi connectivity index (χ1v) is 13.1. The number of hydrogen-bond donors (Lipinski definition) is 2. The number of nitrogens with zero attached hydrogens (tertiary/aromatic N) is 4. The standard InChI is InChI=1S/C25H22ClIN6OS/c1-17(24(34)31-29-15-18-7-9-19(26)10-8-18)35-25-32-30-23(33(25)22-5-3-2-4-6-22)16-28-21-13-11-20(27)12-14-21/h2-15,17,28H,16H2,1H3,(H,31,34). The highest BCUT2D eigenvalue weighted by atomic mass is 127. The fraction of sp³-hybridized carbons (Fsp3) is 0.120. The molecule has 1 atom stereocenters. The predicted octanol–water partition coefficient (Wildman–Crippen LogP) is 5.77. The normalized spacial score (nSPS) is 12.0. The summed E-state index contributed by atoms with van der Waals surface area (Å²) in [6.45, 7) is 2.29. The van der Waals surface area contributed by atoms with Gasteiger partial charge in [0.05, 0.1) is 18.0 Å². The molecule has 4 rings (SSSR count). The lowest BCUT2D eigenvalue weighted by Gasteiger charge is -2.13. The van der Waals surface area contributed by atoms with E-state index >= 15 is 0 Å². The summed E-state index contributed by atoms with van der Waals surface area (Å²) in [4.78, 5) is 12.6. The molecule has 4 aromatic rings. The average Bonchev–Trinajstić information content (AvgIpc) is 3.27. The first-order valence-electron chi connectivity index (χ1n) is 10.7. The van der Waals surface area contributed by atoms with E-state index in [0.29, 0.717) is 16.7 Å². The van der Waals surface area contributed by atoms with Gasteiger partial charge in [0.15, 0.2) is 11.0 Å². The number of aromatic nitrogens is 3. The van der Waals surface area contributed by atoms with E-state index in [1.54, 1.807) is 18.3 Å². The third-order valence-corrected chi connectivity index (χ3v) is 6.93. The molecule has 2 N–H and O–H groups in total. The van der Waals surface area contributed by atoms with Crippen LogP contribution in [0.5, 0.6) is 0 Å².